The van der Waals surface area contributed by atoms with Gasteiger partial charge < -0.3 is 19.1 Å². The molecule has 0 radical (unpaired) electrons. The van der Waals surface area contributed by atoms with Crippen LogP contribution in [-0.4, -0.2) is 28.3 Å². The minimum atomic E-state index is -0.506. The standard InChI is InChI=1S/C22H20N4O4/c1-13-6-4-8-16(10-13)20-24-22(30-26-20)14(2)23-21(27)19-12-18(25-29-19)15-7-5-9-17(11-15)28-3/h4-12,14H,1-3H3,(H,23,27)/t14-/m1/s1. The number of aromatic nitrogens is 3. The van der Waals surface area contributed by atoms with E-state index in [1.54, 1.807) is 20.1 Å². The van der Waals surface area contributed by atoms with Gasteiger partial charge in [0.2, 0.25) is 17.5 Å². The van der Waals surface area contributed by atoms with Crippen LogP contribution in [0.3, 0.4) is 0 Å². The molecule has 0 aliphatic heterocycles. The molecule has 8 nitrogen and oxygen atoms in total. The monoisotopic (exact) mass is 404 g/mol. The number of amides is 1. The molecular weight excluding hydrogens is 384 g/mol. The summed E-state index contributed by atoms with van der Waals surface area (Å²) in [6, 6.07) is 16.2. The quantitative estimate of drug-likeness (QED) is 0.514. The topological polar surface area (TPSA) is 103 Å². The second kappa shape index (κ2) is 8.20. The summed E-state index contributed by atoms with van der Waals surface area (Å²) in [6.45, 7) is 3.75. The Morgan fingerprint density at radius 3 is 2.63 bits per heavy atom. The van der Waals surface area contributed by atoms with Gasteiger partial charge in [-0.1, -0.05) is 46.2 Å². The number of rotatable bonds is 6. The first-order chi connectivity index (χ1) is 14.5. The number of carbonyl (C=O) groups excluding carboxylic acids is 1. The van der Waals surface area contributed by atoms with Gasteiger partial charge in [-0.05, 0) is 32.0 Å². The number of ether oxygens (including phenoxy) is 1. The summed E-state index contributed by atoms with van der Waals surface area (Å²) in [6.07, 6.45) is 0. The van der Waals surface area contributed by atoms with Crippen molar-refractivity contribution in [3.05, 3.63) is 71.8 Å². The van der Waals surface area contributed by atoms with Crippen molar-refractivity contribution in [2.45, 2.75) is 19.9 Å². The van der Waals surface area contributed by atoms with Crippen LogP contribution in [0, 0.1) is 6.92 Å². The Bertz CT molecular complexity index is 1180. The third kappa shape index (κ3) is 4.07. The fourth-order valence-corrected chi connectivity index (χ4v) is 2.94. The molecule has 0 spiro atoms. The molecule has 152 valence electrons. The maximum absolute atomic E-state index is 12.6. The van der Waals surface area contributed by atoms with Gasteiger partial charge in [0.1, 0.15) is 17.5 Å². The van der Waals surface area contributed by atoms with Gasteiger partial charge in [0.15, 0.2) is 0 Å². The molecule has 1 amide bonds. The predicted molar refractivity (Wildman–Crippen MR) is 109 cm³/mol. The van der Waals surface area contributed by atoms with Crippen LogP contribution in [0.25, 0.3) is 22.6 Å². The summed E-state index contributed by atoms with van der Waals surface area (Å²) in [5.74, 6) is 1.11. The molecule has 30 heavy (non-hydrogen) atoms. The zero-order valence-corrected chi connectivity index (χ0v) is 16.7. The summed E-state index contributed by atoms with van der Waals surface area (Å²) in [5.41, 5.74) is 3.26. The molecule has 8 heteroatoms. The Hall–Kier alpha value is -3.94. The molecule has 1 atom stereocenters. The number of aryl methyl sites for hydroxylation is 1. The number of nitrogens with one attached hydrogen (secondary N) is 1. The van der Waals surface area contributed by atoms with E-state index in [-0.39, 0.29) is 5.76 Å². The van der Waals surface area contributed by atoms with E-state index in [1.165, 1.54) is 0 Å². The lowest BCUT2D eigenvalue weighted by atomic mass is 10.1. The summed E-state index contributed by atoms with van der Waals surface area (Å²) < 4.78 is 15.7. The average molecular weight is 404 g/mol. The van der Waals surface area contributed by atoms with Crippen molar-refractivity contribution >= 4 is 5.91 Å². The van der Waals surface area contributed by atoms with Gasteiger partial charge in [-0.3, -0.25) is 4.79 Å². The lowest BCUT2D eigenvalue weighted by Gasteiger charge is -2.07. The zero-order valence-electron chi connectivity index (χ0n) is 16.7. The molecule has 0 unspecified atom stereocenters. The van der Waals surface area contributed by atoms with Gasteiger partial charge in [-0.25, -0.2) is 0 Å². The first kappa shape index (κ1) is 19.4. The molecule has 0 fully saturated rings. The molecule has 0 saturated carbocycles. The first-order valence-electron chi connectivity index (χ1n) is 9.36. The van der Waals surface area contributed by atoms with E-state index >= 15 is 0 Å². The summed E-state index contributed by atoms with van der Waals surface area (Å²) in [5, 5.41) is 10.8. The van der Waals surface area contributed by atoms with Gasteiger partial charge in [0.05, 0.1) is 7.11 Å². The molecule has 0 aliphatic carbocycles. The van der Waals surface area contributed by atoms with Gasteiger partial charge in [0, 0.05) is 17.2 Å². The van der Waals surface area contributed by atoms with Crippen LogP contribution in [0.2, 0.25) is 0 Å². The predicted octanol–water partition coefficient (Wildman–Crippen LogP) is 4.20. The number of hydrogen-bond donors (Lipinski definition) is 1. The lowest BCUT2D eigenvalue weighted by Crippen LogP contribution is -2.26. The van der Waals surface area contributed by atoms with Crippen molar-refractivity contribution in [3.63, 3.8) is 0 Å². The van der Waals surface area contributed by atoms with Crippen LogP contribution in [0.1, 0.15) is 35.0 Å². The molecule has 2 aromatic heterocycles. The Morgan fingerprint density at radius 1 is 1.03 bits per heavy atom. The van der Waals surface area contributed by atoms with Crippen molar-refractivity contribution in [1.29, 1.82) is 0 Å². The fraction of sp³-hybridized carbons (Fsp3) is 0.182. The third-order valence-electron chi connectivity index (χ3n) is 4.54. The SMILES string of the molecule is COc1cccc(-c2cc(C(=O)N[C@H](C)c3nc(-c4cccc(C)c4)no3)on2)c1. The Balaban J connectivity index is 1.46. The maximum atomic E-state index is 12.6. The highest BCUT2D eigenvalue weighted by Crippen LogP contribution is 2.24. The van der Waals surface area contributed by atoms with Crippen molar-refractivity contribution in [2.24, 2.45) is 0 Å². The number of nitrogens with zero attached hydrogens (tertiary/aromatic N) is 3. The second-order valence-electron chi connectivity index (χ2n) is 6.83. The van der Waals surface area contributed by atoms with Crippen molar-refractivity contribution < 1.29 is 18.6 Å². The van der Waals surface area contributed by atoms with Crippen LogP contribution in [0.4, 0.5) is 0 Å². The lowest BCUT2D eigenvalue weighted by molar-refractivity contribution is 0.0895. The molecule has 0 aliphatic rings. The normalized spacial score (nSPS) is 11.8. The molecule has 4 aromatic rings. The number of carbonyl (C=O) groups is 1. The molecule has 1 N–H and O–H groups in total. The van der Waals surface area contributed by atoms with Crippen molar-refractivity contribution in [3.8, 4) is 28.4 Å². The van der Waals surface area contributed by atoms with Crippen LogP contribution in [0.5, 0.6) is 5.75 Å². The van der Waals surface area contributed by atoms with Gasteiger partial charge in [-0.2, -0.15) is 4.98 Å². The van der Waals surface area contributed by atoms with Gasteiger partial charge in [0.25, 0.3) is 5.91 Å². The van der Waals surface area contributed by atoms with Crippen LogP contribution >= 0.6 is 0 Å². The van der Waals surface area contributed by atoms with E-state index in [2.05, 4.69) is 20.6 Å². The highest BCUT2D eigenvalue weighted by Gasteiger charge is 2.21. The molecule has 0 saturated heterocycles. The average Bonchev–Trinajstić information content (AvgIpc) is 3.44. The molecule has 0 bridgehead atoms. The summed E-state index contributed by atoms with van der Waals surface area (Å²) in [4.78, 5) is 16.9. The first-order valence-corrected chi connectivity index (χ1v) is 9.36. The van der Waals surface area contributed by atoms with E-state index in [1.807, 2.05) is 55.5 Å². The second-order valence-corrected chi connectivity index (χ2v) is 6.83. The molecule has 2 aromatic carbocycles. The summed E-state index contributed by atoms with van der Waals surface area (Å²) in [7, 11) is 1.59. The van der Waals surface area contributed by atoms with E-state index in [9.17, 15) is 4.79 Å². The third-order valence-corrected chi connectivity index (χ3v) is 4.54. The highest BCUT2D eigenvalue weighted by atomic mass is 16.5. The van der Waals surface area contributed by atoms with E-state index < -0.39 is 11.9 Å². The van der Waals surface area contributed by atoms with E-state index in [4.69, 9.17) is 13.8 Å². The van der Waals surface area contributed by atoms with Crippen LogP contribution in [-0.2, 0) is 0 Å². The number of methoxy groups -OCH3 is 1. The molecule has 2 heterocycles. The Labute approximate surface area is 172 Å². The Morgan fingerprint density at radius 2 is 1.83 bits per heavy atom. The Kier molecular flexibility index (Phi) is 5.30. The zero-order chi connectivity index (χ0) is 21.1. The minimum absolute atomic E-state index is 0.0816. The van der Waals surface area contributed by atoms with Crippen molar-refractivity contribution in [1.82, 2.24) is 20.6 Å². The summed E-state index contributed by atoms with van der Waals surface area (Å²) >= 11 is 0. The molecule has 4 rings (SSSR count). The van der Waals surface area contributed by atoms with Crippen LogP contribution < -0.4 is 10.1 Å². The highest BCUT2D eigenvalue weighted by molar-refractivity contribution is 5.92. The van der Waals surface area contributed by atoms with Gasteiger partial charge >= 0.3 is 0 Å². The number of hydrogen-bond acceptors (Lipinski definition) is 7. The fourth-order valence-electron chi connectivity index (χ4n) is 2.94. The van der Waals surface area contributed by atoms with E-state index in [0.29, 0.717) is 23.2 Å². The van der Waals surface area contributed by atoms with Crippen molar-refractivity contribution in [2.75, 3.05) is 7.11 Å². The smallest absolute Gasteiger partial charge is 0.290 e. The van der Waals surface area contributed by atoms with Gasteiger partial charge in [-0.15, -0.1) is 0 Å². The minimum Gasteiger partial charge on any atom is -0.497 e. The number of benzene rings is 2. The van der Waals surface area contributed by atoms with E-state index in [0.717, 1.165) is 16.7 Å². The molecular formula is C22H20N4O4. The largest absolute Gasteiger partial charge is 0.497 e. The maximum Gasteiger partial charge on any atom is 0.290 e. The van der Waals surface area contributed by atoms with Crippen LogP contribution in [0.15, 0.2) is 63.6 Å².